The van der Waals surface area contributed by atoms with Gasteiger partial charge in [0.05, 0.1) is 14.2 Å². The van der Waals surface area contributed by atoms with E-state index in [4.69, 9.17) is 9.47 Å². The first-order valence-electron chi connectivity index (χ1n) is 10.3. The van der Waals surface area contributed by atoms with Crippen molar-refractivity contribution in [2.45, 2.75) is 19.4 Å². The van der Waals surface area contributed by atoms with Gasteiger partial charge in [0.25, 0.3) is 0 Å². The van der Waals surface area contributed by atoms with Crippen molar-refractivity contribution in [1.82, 2.24) is 15.5 Å². The van der Waals surface area contributed by atoms with Crippen LogP contribution in [0, 0.1) is 5.82 Å². The van der Waals surface area contributed by atoms with E-state index in [0.29, 0.717) is 6.54 Å². The van der Waals surface area contributed by atoms with Gasteiger partial charge in [-0.2, -0.15) is 0 Å². The summed E-state index contributed by atoms with van der Waals surface area (Å²) >= 11 is 0. The number of halogens is 2. The Morgan fingerprint density at radius 3 is 2.45 bits per heavy atom. The van der Waals surface area contributed by atoms with Crippen molar-refractivity contribution in [1.29, 1.82) is 0 Å². The van der Waals surface area contributed by atoms with Crippen LogP contribution in [-0.2, 0) is 19.4 Å². The highest BCUT2D eigenvalue weighted by molar-refractivity contribution is 14.0. The van der Waals surface area contributed by atoms with Gasteiger partial charge in [0.1, 0.15) is 5.82 Å². The fraction of sp³-hybridized carbons (Fsp3) is 0.435. The van der Waals surface area contributed by atoms with Gasteiger partial charge >= 0.3 is 0 Å². The van der Waals surface area contributed by atoms with Crippen LogP contribution in [0.5, 0.6) is 11.5 Å². The summed E-state index contributed by atoms with van der Waals surface area (Å²) in [7, 11) is 5.10. The number of methoxy groups -OCH3 is 2. The lowest BCUT2D eigenvalue weighted by Gasteiger charge is -2.29. The second-order valence-electron chi connectivity index (χ2n) is 7.31. The van der Waals surface area contributed by atoms with Gasteiger partial charge in [0.2, 0.25) is 0 Å². The number of ether oxygens (including phenoxy) is 2. The minimum Gasteiger partial charge on any atom is -0.493 e. The molecule has 3 rings (SSSR count). The summed E-state index contributed by atoms with van der Waals surface area (Å²) in [6.07, 6.45) is 1.74. The summed E-state index contributed by atoms with van der Waals surface area (Å²) in [5.74, 6) is 2.13. The van der Waals surface area contributed by atoms with Crippen molar-refractivity contribution < 1.29 is 13.9 Å². The summed E-state index contributed by atoms with van der Waals surface area (Å²) in [5, 5.41) is 6.64. The molecule has 0 amide bonds. The van der Waals surface area contributed by atoms with Crippen molar-refractivity contribution in [3.63, 3.8) is 0 Å². The highest BCUT2D eigenvalue weighted by Crippen LogP contribution is 2.33. The largest absolute Gasteiger partial charge is 0.493 e. The Morgan fingerprint density at radius 1 is 1.06 bits per heavy atom. The molecule has 0 atom stereocenters. The molecule has 0 saturated heterocycles. The first-order chi connectivity index (χ1) is 14.6. The first kappa shape index (κ1) is 25.2. The predicted octanol–water partition coefficient (Wildman–Crippen LogP) is 3.23. The van der Waals surface area contributed by atoms with Crippen molar-refractivity contribution in [3.05, 3.63) is 58.9 Å². The SMILES string of the molecule is CN=C(NCCc1cccc(F)c1)NCCN1CCc2cc(OC)c(OC)cc2C1.I. The Morgan fingerprint density at radius 2 is 1.77 bits per heavy atom. The number of nitrogens with one attached hydrogen (secondary N) is 2. The number of aliphatic imine (C=N–C) groups is 1. The average Bonchev–Trinajstić information content (AvgIpc) is 2.77. The molecule has 0 aliphatic carbocycles. The molecule has 2 N–H and O–H groups in total. The number of rotatable bonds is 8. The normalized spacial score (nSPS) is 13.7. The Kier molecular flexibility index (Phi) is 10.3. The number of benzene rings is 2. The van der Waals surface area contributed by atoms with Crippen LogP contribution in [0.15, 0.2) is 41.4 Å². The van der Waals surface area contributed by atoms with E-state index in [9.17, 15) is 4.39 Å². The van der Waals surface area contributed by atoms with E-state index in [2.05, 4.69) is 32.7 Å². The van der Waals surface area contributed by atoms with Crippen LogP contribution >= 0.6 is 24.0 Å². The van der Waals surface area contributed by atoms with Crippen molar-refractivity contribution in [2.75, 3.05) is 47.4 Å². The molecule has 0 saturated carbocycles. The van der Waals surface area contributed by atoms with Crippen LogP contribution in [-0.4, -0.2) is 58.3 Å². The molecule has 6 nitrogen and oxygen atoms in total. The van der Waals surface area contributed by atoms with E-state index in [1.165, 1.54) is 17.2 Å². The highest BCUT2D eigenvalue weighted by Gasteiger charge is 2.19. The van der Waals surface area contributed by atoms with E-state index in [1.807, 2.05) is 6.07 Å². The lowest BCUT2D eigenvalue weighted by molar-refractivity contribution is 0.256. The second kappa shape index (κ2) is 12.7. The maximum atomic E-state index is 13.3. The molecule has 0 unspecified atom stereocenters. The summed E-state index contributed by atoms with van der Waals surface area (Å²) < 4.78 is 24.1. The van der Waals surface area contributed by atoms with E-state index in [0.717, 1.165) is 62.0 Å². The Labute approximate surface area is 201 Å². The second-order valence-corrected chi connectivity index (χ2v) is 7.31. The quantitative estimate of drug-likeness (QED) is 0.305. The summed E-state index contributed by atoms with van der Waals surface area (Å²) in [5.41, 5.74) is 3.58. The van der Waals surface area contributed by atoms with Gasteiger partial charge in [0, 0.05) is 39.8 Å². The number of guanidine groups is 1. The topological polar surface area (TPSA) is 58.1 Å². The molecule has 2 aromatic carbocycles. The maximum absolute atomic E-state index is 13.3. The molecular formula is C23H32FIN4O2. The molecule has 0 fully saturated rings. The van der Waals surface area contributed by atoms with E-state index < -0.39 is 0 Å². The standard InChI is InChI=1S/C23H31FN4O2.HI/c1-25-23(26-9-7-17-5-4-6-20(24)13-17)27-10-12-28-11-8-18-14-21(29-2)22(30-3)15-19(18)16-28;/h4-6,13-15H,7-12,16H2,1-3H3,(H2,25,26,27);1H. The van der Waals surface area contributed by atoms with Crippen LogP contribution in [0.2, 0.25) is 0 Å². The molecule has 0 aromatic heterocycles. The lowest BCUT2D eigenvalue weighted by Crippen LogP contribution is -2.43. The van der Waals surface area contributed by atoms with Crippen LogP contribution in [0.3, 0.4) is 0 Å². The van der Waals surface area contributed by atoms with E-state index >= 15 is 0 Å². The zero-order valence-electron chi connectivity index (χ0n) is 18.4. The van der Waals surface area contributed by atoms with Gasteiger partial charge in [-0.1, -0.05) is 12.1 Å². The van der Waals surface area contributed by atoms with Crippen LogP contribution in [0.1, 0.15) is 16.7 Å². The molecule has 0 spiro atoms. The van der Waals surface area contributed by atoms with Gasteiger partial charge in [0.15, 0.2) is 17.5 Å². The van der Waals surface area contributed by atoms with Crippen LogP contribution < -0.4 is 20.1 Å². The van der Waals surface area contributed by atoms with Crippen molar-refractivity contribution in [3.8, 4) is 11.5 Å². The van der Waals surface area contributed by atoms with Gasteiger partial charge in [-0.05, 0) is 53.8 Å². The number of fused-ring (bicyclic) bond motifs is 1. The molecule has 1 aliphatic rings. The van der Waals surface area contributed by atoms with Gasteiger partial charge in [-0.15, -0.1) is 24.0 Å². The van der Waals surface area contributed by atoms with Crippen molar-refractivity contribution in [2.24, 2.45) is 4.99 Å². The molecular weight excluding hydrogens is 510 g/mol. The highest BCUT2D eigenvalue weighted by atomic mass is 127. The summed E-state index contributed by atoms with van der Waals surface area (Å²) in [6.45, 7) is 4.31. The van der Waals surface area contributed by atoms with Crippen LogP contribution in [0.4, 0.5) is 4.39 Å². The predicted molar refractivity (Wildman–Crippen MR) is 133 cm³/mol. The molecule has 1 heterocycles. The smallest absolute Gasteiger partial charge is 0.191 e. The fourth-order valence-electron chi connectivity index (χ4n) is 3.70. The van der Waals surface area contributed by atoms with Gasteiger partial charge in [-0.25, -0.2) is 4.39 Å². The summed E-state index contributed by atoms with van der Waals surface area (Å²) in [6, 6.07) is 10.9. The third-order valence-electron chi connectivity index (χ3n) is 5.34. The molecule has 0 bridgehead atoms. The molecule has 1 aliphatic heterocycles. The van der Waals surface area contributed by atoms with E-state index in [-0.39, 0.29) is 29.8 Å². The minimum atomic E-state index is -0.200. The third-order valence-corrected chi connectivity index (χ3v) is 5.34. The van der Waals surface area contributed by atoms with Gasteiger partial charge in [-0.3, -0.25) is 9.89 Å². The Hall–Kier alpha value is -2.07. The van der Waals surface area contributed by atoms with E-state index in [1.54, 1.807) is 33.4 Å². The molecule has 0 radical (unpaired) electrons. The molecule has 31 heavy (non-hydrogen) atoms. The maximum Gasteiger partial charge on any atom is 0.191 e. The lowest BCUT2D eigenvalue weighted by atomic mass is 9.99. The minimum absolute atomic E-state index is 0. The third kappa shape index (κ3) is 7.24. The fourth-order valence-corrected chi connectivity index (χ4v) is 3.70. The van der Waals surface area contributed by atoms with Crippen molar-refractivity contribution >= 4 is 29.9 Å². The monoisotopic (exact) mass is 542 g/mol. The molecule has 2 aromatic rings. The first-order valence-corrected chi connectivity index (χ1v) is 10.3. The van der Waals surface area contributed by atoms with Gasteiger partial charge < -0.3 is 20.1 Å². The number of nitrogens with zero attached hydrogens (tertiary/aromatic N) is 2. The Balaban J connectivity index is 0.00000341. The average molecular weight is 542 g/mol. The molecule has 170 valence electrons. The molecule has 8 heteroatoms. The zero-order valence-corrected chi connectivity index (χ0v) is 20.7. The number of hydrogen-bond donors (Lipinski definition) is 2. The summed E-state index contributed by atoms with van der Waals surface area (Å²) in [4.78, 5) is 6.69. The Bertz CT molecular complexity index is 879. The number of hydrogen-bond acceptors (Lipinski definition) is 4. The zero-order chi connectivity index (χ0) is 21.3. The van der Waals surface area contributed by atoms with Crippen LogP contribution in [0.25, 0.3) is 0 Å².